The van der Waals surface area contributed by atoms with Gasteiger partial charge in [-0.3, -0.25) is 29.4 Å². The predicted molar refractivity (Wildman–Crippen MR) is 111 cm³/mol. The molecule has 3 rings (SSSR count). The lowest BCUT2D eigenvalue weighted by molar-refractivity contribution is -0.384. The standard InChI is InChI=1S/C19H13BrN2O6S/c1-28-16-7-6-14(22(26)27)8-12(16)9-17-18(24)21(19(25)29-17)10-15(23)11-2-4-13(20)5-3-11/h2-9H,10H2,1H3/b17-9+. The summed E-state index contributed by atoms with van der Waals surface area (Å²) < 4.78 is 5.97. The van der Waals surface area contributed by atoms with E-state index in [2.05, 4.69) is 15.9 Å². The fourth-order valence-electron chi connectivity index (χ4n) is 2.60. The minimum atomic E-state index is -0.640. The third-order valence-corrected chi connectivity index (χ3v) is 5.49. The summed E-state index contributed by atoms with van der Waals surface area (Å²) >= 11 is 3.94. The first kappa shape index (κ1) is 20.7. The number of imide groups is 1. The molecule has 148 valence electrons. The molecule has 0 spiro atoms. The van der Waals surface area contributed by atoms with Crippen molar-refractivity contribution in [3.63, 3.8) is 0 Å². The third kappa shape index (κ3) is 4.54. The van der Waals surface area contributed by atoms with Crippen LogP contribution in [0.3, 0.4) is 0 Å². The largest absolute Gasteiger partial charge is 0.496 e. The smallest absolute Gasteiger partial charge is 0.293 e. The quantitative estimate of drug-likeness (QED) is 0.265. The summed E-state index contributed by atoms with van der Waals surface area (Å²) in [5.74, 6) is -0.707. The van der Waals surface area contributed by atoms with Crippen molar-refractivity contribution in [2.45, 2.75) is 0 Å². The van der Waals surface area contributed by atoms with Gasteiger partial charge in [0, 0.05) is 27.7 Å². The molecule has 0 saturated carbocycles. The Kier molecular flexibility index (Phi) is 6.14. The van der Waals surface area contributed by atoms with Crippen molar-refractivity contribution < 1.29 is 24.0 Å². The monoisotopic (exact) mass is 476 g/mol. The van der Waals surface area contributed by atoms with Gasteiger partial charge >= 0.3 is 0 Å². The molecule has 0 bridgehead atoms. The lowest BCUT2D eigenvalue weighted by Crippen LogP contribution is -2.33. The minimum Gasteiger partial charge on any atom is -0.496 e. The number of amides is 2. The summed E-state index contributed by atoms with van der Waals surface area (Å²) in [6.07, 6.45) is 1.35. The number of nitro groups is 1. The molecule has 0 aromatic heterocycles. The Labute approximate surface area is 177 Å². The van der Waals surface area contributed by atoms with Crippen molar-refractivity contribution in [3.05, 3.63) is 73.1 Å². The first-order valence-electron chi connectivity index (χ1n) is 8.16. The highest BCUT2D eigenvalue weighted by Crippen LogP contribution is 2.35. The van der Waals surface area contributed by atoms with Crippen LogP contribution in [0.25, 0.3) is 6.08 Å². The van der Waals surface area contributed by atoms with E-state index < -0.39 is 22.6 Å². The molecule has 29 heavy (non-hydrogen) atoms. The number of rotatable bonds is 6. The van der Waals surface area contributed by atoms with Crippen LogP contribution >= 0.6 is 27.7 Å². The SMILES string of the molecule is COc1ccc([N+](=O)[O-])cc1/C=C1/SC(=O)N(CC(=O)c2ccc(Br)cc2)C1=O. The lowest BCUT2D eigenvalue weighted by Gasteiger charge is -2.11. The van der Waals surface area contributed by atoms with Gasteiger partial charge in [0.05, 0.1) is 23.5 Å². The van der Waals surface area contributed by atoms with Crippen molar-refractivity contribution in [1.29, 1.82) is 0 Å². The van der Waals surface area contributed by atoms with Crippen molar-refractivity contribution in [1.82, 2.24) is 4.90 Å². The van der Waals surface area contributed by atoms with Crippen LogP contribution in [-0.4, -0.2) is 40.4 Å². The first-order valence-corrected chi connectivity index (χ1v) is 9.77. The summed E-state index contributed by atoms with van der Waals surface area (Å²) in [5, 5.41) is 10.4. The van der Waals surface area contributed by atoms with Crippen LogP contribution in [0.5, 0.6) is 5.75 Å². The van der Waals surface area contributed by atoms with Crippen molar-refractivity contribution >= 4 is 56.4 Å². The van der Waals surface area contributed by atoms with Gasteiger partial charge in [-0.25, -0.2) is 0 Å². The van der Waals surface area contributed by atoms with Gasteiger partial charge in [-0.05, 0) is 36.0 Å². The van der Waals surface area contributed by atoms with Gasteiger partial charge in [0.15, 0.2) is 5.78 Å². The molecule has 1 saturated heterocycles. The maximum absolute atomic E-state index is 12.6. The first-order chi connectivity index (χ1) is 13.8. The van der Waals surface area contributed by atoms with E-state index in [0.717, 1.165) is 9.37 Å². The molecule has 1 heterocycles. The molecule has 0 aliphatic carbocycles. The Morgan fingerprint density at radius 1 is 1.24 bits per heavy atom. The Bertz CT molecular complexity index is 1050. The van der Waals surface area contributed by atoms with E-state index in [1.807, 2.05) is 0 Å². The normalized spacial score (nSPS) is 15.1. The Morgan fingerprint density at radius 3 is 2.55 bits per heavy atom. The van der Waals surface area contributed by atoms with Gasteiger partial charge in [0.2, 0.25) is 0 Å². The highest BCUT2D eigenvalue weighted by atomic mass is 79.9. The molecule has 1 fully saturated rings. The van der Waals surface area contributed by atoms with E-state index in [9.17, 15) is 24.5 Å². The highest BCUT2D eigenvalue weighted by Gasteiger charge is 2.36. The number of halogens is 1. The molecular formula is C19H13BrN2O6S. The molecule has 2 aromatic rings. The zero-order valence-electron chi connectivity index (χ0n) is 15.0. The second kappa shape index (κ2) is 8.58. The van der Waals surface area contributed by atoms with Crippen LogP contribution in [0.4, 0.5) is 10.5 Å². The van der Waals surface area contributed by atoms with Crippen LogP contribution in [-0.2, 0) is 4.79 Å². The molecule has 0 atom stereocenters. The molecule has 1 aliphatic heterocycles. The number of nitro benzene ring substituents is 1. The lowest BCUT2D eigenvalue weighted by atomic mass is 10.1. The summed E-state index contributed by atoms with van der Waals surface area (Å²) in [7, 11) is 1.39. The van der Waals surface area contributed by atoms with Crippen LogP contribution < -0.4 is 4.74 Å². The molecule has 0 N–H and O–H groups in total. The molecular weight excluding hydrogens is 464 g/mol. The number of thioether (sulfide) groups is 1. The number of carbonyl (C=O) groups excluding carboxylic acids is 3. The van der Waals surface area contributed by atoms with Crippen LogP contribution in [0, 0.1) is 10.1 Å². The van der Waals surface area contributed by atoms with E-state index in [0.29, 0.717) is 23.1 Å². The number of hydrogen-bond acceptors (Lipinski definition) is 7. The molecule has 0 radical (unpaired) electrons. The van der Waals surface area contributed by atoms with Crippen LogP contribution in [0.2, 0.25) is 0 Å². The highest BCUT2D eigenvalue weighted by molar-refractivity contribution is 9.10. The Morgan fingerprint density at radius 2 is 1.93 bits per heavy atom. The number of benzene rings is 2. The summed E-state index contributed by atoms with van der Waals surface area (Å²) in [4.78, 5) is 48.6. The number of carbonyl (C=O) groups is 3. The number of non-ortho nitro benzene ring substituents is 1. The summed E-state index contributed by atoms with van der Waals surface area (Å²) in [6, 6.07) is 10.5. The van der Waals surface area contributed by atoms with Gasteiger partial charge < -0.3 is 4.74 Å². The molecule has 0 unspecified atom stereocenters. The summed E-state index contributed by atoms with van der Waals surface area (Å²) in [6.45, 7) is -0.393. The number of methoxy groups -OCH3 is 1. The van der Waals surface area contributed by atoms with Gasteiger partial charge in [0.25, 0.3) is 16.8 Å². The molecule has 1 aliphatic rings. The number of Topliss-reactive ketones (excluding diaryl/α,β-unsaturated/α-hetero) is 1. The molecule has 2 amide bonds. The average Bonchev–Trinajstić information content (AvgIpc) is 2.95. The van der Waals surface area contributed by atoms with Crippen molar-refractivity contribution in [2.24, 2.45) is 0 Å². The minimum absolute atomic E-state index is 0.0532. The van der Waals surface area contributed by atoms with Gasteiger partial charge in [-0.2, -0.15) is 0 Å². The molecule has 8 nitrogen and oxygen atoms in total. The number of nitrogens with zero attached hydrogens (tertiary/aromatic N) is 2. The average molecular weight is 477 g/mol. The Balaban J connectivity index is 1.85. The van der Waals surface area contributed by atoms with Crippen LogP contribution in [0.15, 0.2) is 51.8 Å². The van der Waals surface area contributed by atoms with Crippen molar-refractivity contribution in [2.75, 3.05) is 13.7 Å². The maximum Gasteiger partial charge on any atom is 0.293 e. The van der Waals surface area contributed by atoms with Gasteiger partial charge in [0.1, 0.15) is 5.75 Å². The zero-order valence-corrected chi connectivity index (χ0v) is 17.4. The van der Waals surface area contributed by atoms with E-state index in [-0.39, 0.29) is 21.9 Å². The van der Waals surface area contributed by atoms with Gasteiger partial charge in [-0.15, -0.1) is 0 Å². The molecule has 2 aromatic carbocycles. The van der Waals surface area contributed by atoms with Crippen LogP contribution in [0.1, 0.15) is 15.9 Å². The number of ether oxygens (including phenoxy) is 1. The summed E-state index contributed by atoms with van der Waals surface area (Å²) in [5.41, 5.74) is 0.477. The number of ketones is 1. The fourth-order valence-corrected chi connectivity index (χ4v) is 3.69. The maximum atomic E-state index is 12.6. The fraction of sp³-hybridized carbons (Fsp3) is 0.105. The zero-order chi connectivity index (χ0) is 21.1. The molecule has 10 heteroatoms. The topological polar surface area (TPSA) is 107 Å². The van der Waals surface area contributed by atoms with E-state index in [1.54, 1.807) is 24.3 Å². The second-order valence-electron chi connectivity index (χ2n) is 5.88. The predicted octanol–water partition coefficient (Wildman–Crippen LogP) is 4.29. The second-order valence-corrected chi connectivity index (χ2v) is 7.79. The number of hydrogen-bond donors (Lipinski definition) is 0. The van der Waals surface area contributed by atoms with E-state index in [4.69, 9.17) is 4.74 Å². The van der Waals surface area contributed by atoms with Crippen molar-refractivity contribution in [3.8, 4) is 5.75 Å². The van der Waals surface area contributed by atoms with E-state index in [1.165, 1.54) is 31.4 Å². The van der Waals surface area contributed by atoms with E-state index >= 15 is 0 Å². The van der Waals surface area contributed by atoms with Gasteiger partial charge in [-0.1, -0.05) is 28.1 Å². The third-order valence-electron chi connectivity index (χ3n) is 4.05. The Hall–Kier alpha value is -2.98.